The zero-order valence-corrected chi connectivity index (χ0v) is 21.6. The maximum absolute atomic E-state index is 12.2. The van der Waals surface area contributed by atoms with E-state index < -0.39 is 0 Å². The normalized spacial score (nSPS) is 17.6. The van der Waals surface area contributed by atoms with Crippen molar-refractivity contribution in [2.45, 2.75) is 32.0 Å². The molecule has 2 saturated heterocycles. The Morgan fingerprint density at radius 2 is 1.16 bits per heavy atom. The van der Waals surface area contributed by atoms with Gasteiger partial charge in [0.05, 0.1) is 32.5 Å². The molecule has 2 heterocycles. The lowest BCUT2D eigenvalue weighted by Gasteiger charge is -2.19. The van der Waals surface area contributed by atoms with Crippen LogP contribution in [0.15, 0.2) is 84.9 Å². The Morgan fingerprint density at radius 3 is 1.58 bits per heavy atom. The summed E-state index contributed by atoms with van der Waals surface area (Å²) in [6.45, 7) is 2.94. The molecule has 2 aliphatic heterocycles. The minimum Gasteiger partial charge on any atom is -0.496 e. The van der Waals surface area contributed by atoms with E-state index in [1.54, 1.807) is 7.11 Å². The molecule has 2 fully saturated rings. The summed E-state index contributed by atoms with van der Waals surface area (Å²) < 4.78 is 22.9. The third-order valence-corrected chi connectivity index (χ3v) is 6.98. The van der Waals surface area contributed by atoms with Crippen LogP contribution < -0.4 is 9.47 Å². The molecule has 5 heteroatoms. The molecule has 2 atom stereocenters. The molecule has 0 aliphatic carbocycles. The molecule has 2 aliphatic rings. The van der Waals surface area contributed by atoms with Crippen LogP contribution in [0, 0.1) is 0 Å². The van der Waals surface area contributed by atoms with Crippen molar-refractivity contribution < 1.29 is 23.7 Å². The molecular formula is C33H30O5. The van der Waals surface area contributed by atoms with E-state index in [-0.39, 0.29) is 18.2 Å². The summed E-state index contributed by atoms with van der Waals surface area (Å²) in [4.78, 5) is 12.2. The Hall–Kier alpha value is -3.93. The molecule has 0 spiro atoms. The standard InChI is InChI=1S/C33H30O5/c1-21(34)38-33-27(16-29-20-37-29)14-25(18-31(33)23-11-7-4-8-12-23)24-13-26(15-28-19-36-28)32(35-2)30(17-24)22-9-5-3-6-10-22/h3-14,17-18,28-29H,15-16,19-20H2,1-2H3. The Bertz CT molecular complexity index is 1450. The quantitative estimate of drug-likeness (QED) is 0.147. The van der Waals surface area contributed by atoms with E-state index in [0.717, 1.165) is 69.9 Å². The lowest BCUT2D eigenvalue weighted by atomic mass is 9.89. The summed E-state index contributed by atoms with van der Waals surface area (Å²) in [5.41, 5.74) is 8.21. The van der Waals surface area contributed by atoms with Gasteiger partial charge in [0.25, 0.3) is 0 Å². The molecule has 0 saturated carbocycles. The number of hydrogen-bond acceptors (Lipinski definition) is 5. The molecule has 0 radical (unpaired) electrons. The van der Waals surface area contributed by atoms with Gasteiger partial charge < -0.3 is 18.9 Å². The Balaban J connectivity index is 1.57. The summed E-state index contributed by atoms with van der Waals surface area (Å²) in [6, 6.07) is 29.0. The van der Waals surface area contributed by atoms with Gasteiger partial charge in [-0.05, 0) is 57.6 Å². The van der Waals surface area contributed by atoms with Crippen LogP contribution in [0.25, 0.3) is 33.4 Å². The second kappa shape index (κ2) is 10.4. The van der Waals surface area contributed by atoms with Gasteiger partial charge in [0.2, 0.25) is 0 Å². The fourth-order valence-corrected chi connectivity index (χ4v) is 5.05. The van der Waals surface area contributed by atoms with Crippen LogP contribution in [0.4, 0.5) is 0 Å². The first-order valence-corrected chi connectivity index (χ1v) is 13.0. The van der Waals surface area contributed by atoms with Gasteiger partial charge in [-0.15, -0.1) is 0 Å². The van der Waals surface area contributed by atoms with Crippen molar-refractivity contribution in [2.75, 3.05) is 20.3 Å². The van der Waals surface area contributed by atoms with Crippen LogP contribution in [0.3, 0.4) is 0 Å². The predicted molar refractivity (Wildman–Crippen MR) is 147 cm³/mol. The molecule has 0 bridgehead atoms. The van der Waals surface area contributed by atoms with Crippen LogP contribution in [0.1, 0.15) is 18.1 Å². The molecule has 6 rings (SSSR count). The number of esters is 1. The average molecular weight is 507 g/mol. The Labute approximate surface area is 222 Å². The van der Waals surface area contributed by atoms with Crippen molar-refractivity contribution in [3.05, 3.63) is 96.1 Å². The van der Waals surface area contributed by atoms with E-state index in [1.807, 2.05) is 48.5 Å². The second-order valence-corrected chi connectivity index (χ2v) is 9.87. The SMILES string of the molecule is COc1c(CC2CO2)cc(-c2cc(CC3CO3)c(OC(C)=O)c(-c3ccccc3)c2)cc1-c1ccccc1. The number of hydrogen-bond donors (Lipinski definition) is 0. The lowest BCUT2D eigenvalue weighted by molar-refractivity contribution is -0.131. The molecule has 2 unspecified atom stereocenters. The predicted octanol–water partition coefficient (Wildman–Crippen LogP) is 6.50. The van der Waals surface area contributed by atoms with Gasteiger partial charge in [-0.2, -0.15) is 0 Å². The van der Waals surface area contributed by atoms with Crippen LogP contribution >= 0.6 is 0 Å². The fraction of sp³-hybridized carbons (Fsp3) is 0.242. The molecule has 0 aromatic heterocycles. The number of carbonyl (C=O) groups excluding carboxylic acids is 1. The average Bonchev–Trinajstić information content (AvgIpc) is 3.87. The van der Waals surface area contributed by atoms with E-state index in [9.17, 15) is 4.79 Å². The zero-order valence-electron chi connectivity index (χ0n) is 21.6. The van der Waals surface area contributed by atoms with Crippen molar-refractivity contribution in [1.29, 1.82) is 0 Å². The van der Waals surface area contributed by atoms with Crippen LogP contribution in [-0.4, -0.2) is 38.5 Å². The second-order valence-electron chi connectivity index (χ2n) is 9.87. The van der Waals surface area contributed by atoms with Crippen molar-refractivity contribution in [3.8, 4) is 44.9 Å². The van der Waals surface area contributed by atoms with Gasteiger partial charge in [-0.25, -0.2) is 0 Å². The number of carbonyl (C=O) groups is 1. The number of rotatable bonds is 9. The molecule has 5 nitrogen and oxygen atoms in total. The molecule has 192 valence electrons. The van der Waals surface area contributed by atoms with Crippen molar-refractivity contribution >= 4 is 5.97 Å². The van der Waals surface area contributed by atoms with Crippen LogP contribution in [-0.2, 0) is 27.1 Å². The summed E-state index contributed by atoms with van der Waals surface area (Å²) in [5, 5.41) is 0. The fourth-order valence-electron chi connectivity index (χ4n) is 5.05. The van der Waals surface area contributed by atoms with Crippen LogP contribution in [0.5, 0.6) is 11.5 Å². The van der Waals surface area contributed by atoms with E-state index in [2.05, 4.69) is 36.4 Å². The molecular weight excluding hydrogens is 476 g/mol. The highest BCUT2D eigenvalue weighted by atomic mass is 16.6. The summed E-state index contributed by atoms with van der Waals surface area (Å²) in [6.07, 6.45) is 1.83. The number of ether oxygens (including phenoxy) is 4. The van der Waals surface area contributed by atoms with Gasteiger partial charge >= 0.3 is 5.97 Å². The first-order valence-electron chi connectivity index (χ1n) is 13.0. The molecule has 38 heavy (non-hydrogen) atoms. The van der Waals surface area contributed by atoms with E-state index in [1.165, 1.54) is 6.92 Å². The van der Waals surface area contributed by atoms with Gasteiger partial charge in [0.15, 0.2) is 0 Å². The minimum absolute atomic E-state index is 0.140. The molecule has 4 aromatic carbocycles. The lowest BCUT2D eigenvalue weighted by Crippen LogP contribution is -2.08. The summed E-state index contributed by atoms with van der Waals surface area (Å²) in [7, 11) is 1.73. The van der Waals surface area contributed by atoms with E-state index >= 15 is 0 Å². The van der Waals surface area contributed by atoms with Crippen molar-refractivity contribution in [3.63, 3.8) is 0 Å². The molecule has 4 aromatic rings. The highest BCUT2D eigenvalue weighted by molar-refractivity contribution is 5.85. The summed E-state index contributed by atoms with van der Waals surface area (Å²) in [5.74, 6) is 1.14. The Kier molecular flexibility index (Phi) is 6.71. The Morgan fingerprint density at radius 1 is 0.711 bits per heavy atom. The van der Waals surface area contributed by atoms with Crippen LogP contribution in [0.2, 0.25) is 0 Å². The topological polar surface area (TPSA) is 60.6 Å². The minimum atomic E-state index is -0.338. The molecule has 0 N–H and O–H groups in total. The van der Waals surface area contributed by atoms with E-state index in [0.29, 0.717) is 12.2 Å². The monoisotopic (exact) mass is 506 g/mol. The van der Waals surface area contributed by atoms with Gasteiger partial charge in [-0.3, -0.25) is 4.79 Å². The third-order valence-electron chi connectivity index (χ3n) is 6.98. The van der Waals surface area contributed by atoms with E-state index in [4.69, 9.17) is 18.9 Å². The largest absolute Gasteiger partial charge is 0.496 e. The van der Waals surface area contributed by atoms with Crippen molar-refractivity contribution in [2.24, 2.45) is 0 Å². The van der Waals surface area contributed by atoms with Gasteiger partial charge in [0.1, 0.15) is 11.5 Å². The maximum Gasteiger partial charge on any atom is 0.308 e. The maximum atomic E-state index is 12.2. The number of epoxide rings is 2. The first kappa shape index (κ1) is 24.4. The smallest absolute Gasteiger partial charge is 0.308 e. The number of methoxy groups -OCH3 is 1. The molecule has 0 amide bonds. The highest BCUT2D eigenvalue weighted by Gasteiger charge is 2.28. The number of benzene rings is 4. The first-order chi connectivity index (χ1) is 18.6. The highest BCUT2D eigenvalue weighted by Crippen LogP contribution is 2.43. The summed E-state index contributed by atoms with van der Waals surface area (Å²) >= 11 is 0. The van der Waals surface area contributed by atoms with Gasteiger partial charge in [-0.1, -0.05) is 60.7 Å². The third kappa shape index (κ3) is 5.35. The van der Waals surface area contributed by atoms with Gasteiger partial charge in [0, 0.05) is 30.9 Å². The zero-order chi connectivity index (χ0) is 26.1. The van der Waals surface area contributed by atoms with Crippen molar-refractivity contribution in [1.82, 2.24) is 0 Å².